The number of hydrogen-bond donors (Lipinski definition) is 0. The van der Waals surface area contributed by atoms with Gasteiger partial charge < -0.3 is 13.7 Å². The maximum absolute atomic E-state index is 6.83. The Morgan fingerprint density at radius 2 is 0.957 bits per heavy atom. The summed E-state index contributed by atoms with van der Waals surface area (Å²) in [6.07, 6.45) is 0. The lowest BCUT2D eigenvalue weighted by atomic mass is 9.66. The number of para-hydroxylation sites is 4. The molecular formula is C64H38N4O2. The fourth-order valence-electron chi connectivity index (χ4n) is 11.6. The average Bonchev–Trinajstić information content (AvgIpc) is 4.08. The van der Waals surface area contributed by atoms with Crippen molar-refractivity contribution >= 4 is 43.7 Å². The summed E-state index contributed by atoms with van der Waals surface area (Å²) in [5.74, 6) is 3.51. The SMILES string of the molecule is c1ccc(-c2nc(-c3ccccc3)nc(-c3cccc4c3-c3cc(-c5ccc6c(c5)oc5ccc7c(c8ccccc8n7-c7ccccc7)c56)ccc3C43c4ccccc4Oc4ccccc43)n2)cc1. The maximum atomic E-state index is 6.83. The van der Waals surface area contributed by atoms with E-state index in [4.69, 9.17) is 24.1 Å². The predicted octanol–water partition coefficient (Wildman–Crippen LogP) is 16.0. The number of hydrogen-bond acceptors (Lipinski definition) is 5. The molecule has 0 atom stereocenters. The van der Waals surface area contributed by atoms with Gasteiger partial charge in [-0.2, -0.15) is 0 Å². The summed E-state index contributed by atoms with van der Waals surface area (Å²) in [7, 11) is 0. The van der Waals surface area contributed by atoms with Gasteiger partial charge in [0.15, 0.2) is 17.5 Å². The number of fused-ring (bicyclic) bond motifs is 16. The van der Waals surface area contributed by atoms with Gasteiger partial charge in [-0.05, 0) is 94.0 Å². The lowest BCUT2D eigenvalue weighted by Crippen LogP contribution is -2.32. The molecule has 326 valence electrons. The molecule has 13 aromatic rings. The van der Waals surface area contributed by atoms with Crippen LogP contribution in [0.25, 0.3) is 106 Å². The van der Waals surface area contributed by atoms with Crippen molar-refractivity contribution in [1.29, 1.82) is 0 Å². The monoisotopic (exact) mass is 894 g/mol. The normalized spacial score (nSPS) is 13.1. The summed E-state index contributed by atoms with van der Waals surface area (Å²) in [5, 5.41) is 4.60. The molecule has 0 radical (unpaired) electrons. The van der Waals surface area contributed by atoms with Gasteiger partial charge in [0, 0.05) is 55.0 Å². The topological polar surface area (TPSA) is 66.0 Å². The standard InChI is InChI=1S/C64H38N4O2/c1-4-17-39(18-5-1)61-65-62(40-19-6-2-7-20-40)67-63(66-61)46-24-16-27-51-58(46)47-37-41(32-34-48(47)64(51)49-25-11-14-29-54(49)69-55-30-15-12-26-50(55)64)42-31-33-45-57(38-42)70-56-36-35-53-59(60(45)56)44-23-10-13-28-52(44)68(53)43-21-8-3-9-22-43/h1-38H. The quantitative estimate of drug-likeness (QED) is 0.172. The Morgan fingerprint density at radius 1 is 0.357 bits per heavy atom. The molecule has 1 aliphatic carbocycles. The molecule has 2 aliphatic rings. The van der Waals surface area contributed by atoms with E-state index in [1.807, 2.05) is 36.4 Å². The predicted molar refractivity (Wildman–Crippen MR) is 281 cm³/mol. The van der Waals surface area contributed by atoms with Crippen molar-refractivity contribution in [2.45, 2.75) is 5.41 Å². The molecular weight excluding hydrogens is 857 g/mol. The molecule has 15 rings (SSSR count). The van der Waals surface area contributed by atoms with Gasteiger partial charge in [-0.1, -0.05) is 170 Å². The Kier molecular flexibility index (Phi) is 8.18. The molecule has 3 aromatic heterocycles. The Bertz CT molecular complexity index is 4170. The molecule has 10 aromatic carbocycles. The van der Waals surface area contributed by atoms with Crippen molar-refractivity contribution in [3.05, 3.63) is 253 Å². The van der Waals surface area contributed by atoms with Crippen molar-refractivity contribution in [1.82, 2.24) is 19.5 Å². The summed E-state index contributed by atoms with van der Waals surface area (Å²) < 4.78 is 15.9. The summed E-state index contributed by atoms with van der Waals surface area (Å²) in [6, 6.07) is 81.2. The molecule has 0 fully saturated rings. The first kappa shape index (κ1) is 38.7. The molecule has 0 N–H and O–H groups in total. The molecule has 1 aliphatic heterocycles. The van der Waals surface area contributed by atoms with Gasteiger partial charge in [-0.25, -0.2) is 15.0 Å². The Labute approximate surface area is 402 Å². The fourth-order valence-corrected chi connectivity index (χ4v) is 11.6. The molecule has 0 unspecified atom stereocenters. The van der Waals surface area contributed by atoms with Crippen molar-refractivity contribution in [3.63, 3.8) is 0 Å². The summed E-state index contributed by atoms with van der Waals surface area (Å²) in [4.78, 5) is 15.7. The minimum absolute atomic E-state index is 0.607. The van der Waals surface area contributed by atoms with Crippen molar-refractivity contribution in [2.75, 3.05) is 0 Å². The van der Waals surface area contributed by atoms with Crippen LogP contribution >= 0.6 is 0 Å². The van der Waals surface area contributed by atoms with E-state index in [-0.39, 0.29) is 0 Å². The molecule has 0 saturated carbocycles. The van der Waals surface area contributed by atoms with Crippen LogP contribution in [0.2, 0.25) is 0 Å². The molecule has 0 amide bonds. The molecule has 70 heavy (non-hydrogen) atoms. The van der Waals surface area contributed by atoms with E-state index in [1.165, 1.54) is 16.3 Å². The van der Waals surface area contributed by atoms with E-state index in [2.05, 4.69) is 199 Å². The van der Waals surface area contributed by atoms with Gasteiger partial charge in [0.1, 0.15) is 22.7 Å². The number of nitrogens with zero attached hydrogens (tertiary/aromatic N) is 4. The van der Waals surface area contributed by atoms with Crippen LogP contribution in [0.3, 0.4) is 0 Å². The second-order valence-electron chi connectivity index (χ2n) is 18.2. The van der Waals surface area contributed by atoms with Crippen LogP contribution in [0.4, 0.5) is 0 Å². The first-order valence-electron chi connectivity index (χ1n) is 23.7. The smallest absolute Gasteiger partial charge is 0.164 e. The highest BCUT2D eigenvalue weighted by atomic mass is 16.5. The molecule has 0 bridgehead atoms. The Hall–Kier alpha value is -9.39. The second kappa shape index (κ2) is 14.8. The average molecular weight is 895 g/mol. The van der Waals surface area contributed by atoms with Crippen LogP contribution in [0.5, 0.6) is 11.5 Å². The number of benzene rings is 10. The summed E-state index contributed by atoms with van der Waals surface area (Å²) in [5.41, 5.74) is 16.0. The fraction of sp³-hybridized carbons (Fsp3) is 0.0156. The van der Waals surface area contributed by atoms with Gasteiger partial charge in [0.2, 0.25) is 0 Å². The number of rotatable bonds is 5. The maximum Gasteiger partial charge on any atom is 0.164 e. The lowest BCUT2D eigenvalue weighted by molar-refractivity contribution is 0.436. The third kappa shape index (κ3) is 5.47. The summed E-state index contributed by atoms with van der Waals surface area (Å²) in [6.45, 7) is 0. The molecule has 6 heteroatoms. The largest absolute Gasteiger partial charge is 0.457 e. The van der Waals surface area contributed by atoms with E-state index in [0.717, 1.165) is 106 Å². The highest BCUT2D eigenvalue weighted by molar-refractivity contribution is 6.27. The third-order valence-electron chi connectivity index (χ3n) is 14.5. The molecule has 0 saturated heterocycles. The van der Waals surface area contributed by atoms with Crippen LogP contribution in [0.15, 0.2) is 235 Å². The number of furan rings is 1. The van der Waals surface area contributed by atoms with E-state index in [0.29, 0.717) is 17.5 Å². The van der Waals surface area contributed by atoms with E-state index < -0.39 is 5.41 Å². The Morgan fingerprint density at radius 3 is 1.69 bits per heavy atom. The van der Waals surface area contributed by atoms with Gasteiger partial charge in [-0.3, -0.25) is 0 Å². The van der Waals surface area contributed by atoms with Crippen molar-refractivity contribution in [2.24, 2.45) is 0 Å². The molecule has 1 spiro atoms. The second-order valence-corrected chi connectivity index (χ2v) is 18.2. The van der Waals surface area contributed by atoms with Gasteiger partial charge in [-0.15, -0.1) is 0 Å². The highest BCUT2D eigenvalue weighted by Gasteiger charge is 2.52. The van der Waals surface area contributed by atoms with Crippen LogP contribution < -0.4 is 4.74 Å². The zero-order valence-corrected chi connectivity index (χ0v) is 37.5. The first-order valence-corrected chi connectivity index (χ1v) is 23.7. The van der Waals surface area contributed by atoms with Crippen LogP contribution in [0.1, 0.15) is 22.3 Å². The third-order valence-corrected chi connectivity index (χ3v) is 14.5. The highest BCUT2D eigenvalue weighted by Crippen LogP contribution is 2.63. The molecule has 6 nitrogen and oxygen atoms in total. The van der Waals surface area contributed by atoms with Gasteiger partial charge in [0.05, 0.1) is 16.4 Å². The minimum Gasteiger partial charge on any atom is -0.457 e. The van der Waals surface area contributed by atoms with Gasteiger partial charge >= 0.3 is 0 Å². The van der Waals surface area contributed by atoms with Crippen molar-refractivity contribution in [3.8, 4) is 73.6 Å². The summed E-state index contributed by atoms with van der Waals surface area (Å²) >= 11 is 0. The molecule has 4 heterocycles. The van der Waals surface area contributed by atoms with Crippen LogP contribution in [0, 0.1) is 0 Å². The van der Waals surface area contributed by atoms with Crippen LogP contribution in [-0.2, 0) is 5.41 Å². The zero-order chi connectivity index (χ0) is 45.9. The lowest BCUT2D eigenvalue weighted by Gasteiger charge is -2.39. The Balaban J connectivity index is 0.972. The van der Waals surface area contributed by atoms with E-state index in [9.17, 15) is 0 Å². The first-order chi connectivity index (χ1) is 34.7. The number of ether oxygens (including phenoxy) is 1. The number of aromatic nitrogens is 4. The van der Waals surface area contributed by atoms with E-state index in [1.54, 1.807) is 0 Å². The zero-order valence-electron chi connectivity index (χ0n) is 37.5. The van der Waals surface area contributed by atoms with Crippen molar-refractivity contribution < 1.29 is 9.15 Å². The van der Waals surface area contributed by atoms with Crippen LogP contribution in [-0.4, -0.2) is 19.5 Å². The van der Waals surface area contributed by atoms with Gasteiger partial charge in [0.25, 0.3) is 0 Å². The minimum atomic E-state index is -0.699. The van der Waals surface area contributed by atoms with E-state index >= 15 is 0 Å².